The molecule has 0 heterocycles. The summed E-state index contributed by atoms with van der Waals surface area (Å²) in [5.41, 5.74) is 5.53. The number of primary amides is 1. The number of amides is 2. The van der Waals surface area contributed by atoms with Crippen molar-refractivity contribution in [3.05, 3.63) is 35.6 Å². The summed E-state index contributed by atoms with van der Waals surface area (Å²) in [5, 5.41) is 10.9. The fourth-order valence-corrected chi connectivity index (χ4v) is 1.63. The van der Waals surface area contributed by atoms with Gasteiger partial charge in [0.1, 0.15) is 11.9 Å². The van der Waals surface area contributed by atoms with Crippen LogP contribution in [0.5, 0.6) is 0 Å². The second-order valence-electron chi connectivity index (χ2n) is 4.26. The van der Waals surface area contributed by atoms with E-state index in [1.807, 2.05) is 0 Å². The fraction of sp³-hybridized carbons (Fsp3) is 0.308. The monoisotopic (exact) mass is 282 g/mol. The quantitative estimate of drug-likeness (QED) is 0.663. The minimum atomic E-state index is -1.09. The summed E-state index contributed by atoms with van der Waals surface area (Å²) in [5.74, 6) is -2.88. The highest BCUT2D eigenvalue weighted by atomic mass is 19.1. The van der Waals surface area contributed by atoms with Gasteiger partial charge >= 0.3 is 5.97 Å². The largest absolute Gasteiger partial charge is 0.481 e. The predicted molar refractivity (Wildman–Crippen MR) is 68.1 cm³/mol. The minimum Gasteiger partial charge on any atom is -0.481 e. The third-order valence-electron chi connectivity index (χ3n) is 2.58. The maximum Gasteiger partial charge on any atom is 0.303 e. The fourth-order valence-electron chi connectivity index (χ4n) is 1.63. The first-order valence-corrected chi connectivity index (χ1v) is 5.93. The first-order valence-electron chi connectivity index (χ1n) is 5.93. The van der Waals surface area contributed by atoms with Crippen molar-refractivity contribution in [1.29, 1.82) is 0 Å². The molecule has 7 heteroatoms. The van der Waals surface area contributed by atoms with Crippen molar-refractivity contribution in [3.63, 3.8) is 0 Å². The van der Waals surface area contributed by atoms with Crippen LogP contribution in [0, 0.1) is 5.82 Å². The van der Waals surface area contributed by atoms with E-state index >= 15 is 0 Å². The summed E-state index contributed by atoms with van der Waals surface area (Å²) in [6.45, 7) is 0. The standard InChI is InChI=1S/C13H15FN2O4/c14-9-3-1-2-8(6-9)7-11(17)16-10(13(15)20)4-5-12(18)19/h1-3,6,10H,4-5,7H2,(H2,15,20)(H,16,17)(H,18,19)/t10-/m1/s1. The van der Waals surface area contributed by atoms with Crippen molar-refractivity contribution in [1.82, 2.24) is 5.32 Å². The van der Waals surface area contributed by atoms with Crippen LogP contribution in [0.2, 0.25) is 0 Å². The average molecular weight is 282 g/mol. The number of aliphatic carboxylic acids is 1. The first-order chi connectivity index (χ1) is 9.38. The molecule has 6 nitrogen and oxygen atoms in total. The highest BCUT2D eigenvalue weighted by molar-refractivity contribution is 5.87. The lowest BCUT2D eigenvalue weighted by atomic mass is 10.1. The van der Waals surface area contributed by atoms with E-state index in [4.69, 9.17) is 10.8 Å². The van der Waals surface area contributed by atoms with E-state index in [2.05, 4.69) is 5.32 Å². The molecular weight excluding hydrogens is 267 g/mol. The minimum absolute atomic E-state index is 0.0838. The number of carboxylic acid groups (broad SMARTS) is 1. The number of carbonyl (C=O) groups excluding carboxylic acids is 2. The number of benzene rings is 1. The van der Waals surface area contributed by atoms with Crippen molar-refractivity contribution in [2.75, 3.05) is 0 Å². The molecule has 20 heavy (non-hydrogen) atoms. The Bertz CT molecular complexity index is 519. The lowest BCUT2D eigenvalue weighted by molar-refractivity contribution is -0.137. The van der Waals surface area contributed by atoms with E-state index in [9.17, 15) is 18.8 Å². The summed E-state index contributed by atoms with van der Waals surface area (Å²) >= 11 is 0. The molecule has 0 spiro atoms. The third kappa shape index (κ3) is 5.47. The number of carboxylic acids is 1. The highest BCUT2D eigenvalue weighted by Crippen LogP contribution is 2.05. The van der Waals surface area contributed by atoms with Gasteiger partial charge in [-0.3, -0.25) is 14.4 Å². The van der Waals surface area contributed by atoms with Crippen LogP contribution in [-0.4, -0.2) is 28.9 Å². The Hall–Kier alpha value is -2.44. The molecule has 0 unspecified atom stereocenters. The Morgan fingerprint density at radius 3 is 2.60 bits per heavy atom. The van der Waals surface area contributed by atoms with Gasteiger partial charge in [-0.15, -0.1) is 0 Å². The van der Waals surface area contributed by atoms with Crippen LogP contribution in [0.1, 0.15) is 18.4 Å². The Kier molecular flexibility index (Phi) is 5.64. The smallest absolute Gasteiger partial charge is 0.303 e. The van der Waals surface area contributed by atoms with Gasteiger partial charge in [0.15, 0.2) is 0 Å². The second-order valence-corrected chi connectivity index (χ2v) is 4.26. The summed E-state index contributed by atoms with van der Waals surface area (Å²) in [7, 11) is 0. The number of nitrogens with one attached hydrogen (secondary N) is 1. The predicted octanol–water partition coefficient (Wildman–Crippen LogP) is 0.203. The Labute approximate surface area is 114 Å². The molecule has 0 aromatic heterocycles. The molecule has 0 saturated carbocycles. The number of nitrogens with two attached hydrogens (primary N) is 1. The number of halogens is 1. The van der Waals surface area contributed by atoms with Crippen molar-refractivity contribution in [2.45, 2.75) is 25.3 Å². The second kappa shape index (κ2) is 7.22. The van der Waals surface area contributed by atoms with Crippen LogP contribution < -0.4 is 11.1 Å². The maximum absolute atomic E-state index is 12.9. The Morgan fingerprint density at radius 2 is 2.05 bits per heavy atom. The van der Waals surface area contributed by atoms with E-state index in [-0.39, 0.29) is 19.3 Å². The molecule has 1 atom stereocenters. The molecule has 4 N–H and O–H groups in total. The van der Waals surface area contributed by atoms with Gasteiger partial charge < -0.3 is 16.2 Å². The van der Waals surface area contributed by atoms with Crippen molar-refractivity contribution in [3.8, 4) is 0 Å². The van der Waals surface area contributed by atoms with Crippen LogP contribution in [-0.2, 0) is 20.8 Å². The van der Waals surface area contributed by atoms with Crippen LogP contribution in [0.3, 0.4) is 0 Å². The summed E-state index contributed by atoms with van der Waals surface area (Å²) in [6, 6.07) is 4.44. The Morgan fingerprint density at radius 1 is 1.35 bits per heavy atom. The number of hydrogen-bond donors (Lipinski definition) is 3. The van der Waals surface area contributed by atoms with Gasteiger partial charge in [0.25, 0.3) is 0 Å². The lowest BCUT2D eigenvalue weighted by Gasteiger charge is -2.14. The third-order valence-corrected chi connectivity index (χ3v) is 2.58. The topological polar surface area (TPSA) is 109 Å². The molecule has 0 aliphatic heterocycles. The van der Waals surface area contributed by atoms with E-state index in [0.29, 0.717) is 5.56 Å². The Balaban J connectivity index is 2.57. The molecule has 0 saturated heterocycles. The molecule has 108 valence electrons. The molecular formula is C13H15FN2O4. The molecule has 0 aliphatic rings. The molecule has 0 fully saturated rings. The van der Waals surface area contributed by atoms with Crippen molar-refractivity contribution in [2.24, 2.45) is 5.73 Å². The number of hydrogen-bond acceptors (Lipinski definition) is 3. The summed E-state index contributed by atoms with van der Waals surface area (Å²) in [6.07, 6.45) is -0.484. The molecule has 0 radical (unpaired) electrons. The van der Waals surface area contributed by atoms with Gasteiger partial charge in [-0.05, 0) is 24.1 Å². The number of rotatable bonds is 7. The normalized spacial score (nSPS) is 11.7. The van der Waals surface area contributed by atoms with Crippen molar-refractivity contribution >= 4 is 17.8 Å². The molecule has 2 amide bonds. The van der Waals surface area contributed by atoms with Crippen LogP contribution in [0.4, 0.5) is 4.39 Å². The number of carbonyl (C=O) groups is 3. The van der Waals surface area contributed by atoms with E-state index in [0.717, 1.165) is 0 Å². The zero-order valence-corrected chi connectivity index (χ0v) is 10.6. The maximum atomic E-state index is 12.9. The van der Waals surface area contributed by atoms with Crippen LogP contribution in [0.25, 0.3) is 0 Å². The van der Waals surface area contributed by atoms with Gasteiger partial charge in [0.05, 0.1) is 6.42 Å². The van der Waals surface area contributed by atoms with Gasteiger partial charge in [-0.1, -0.05) is 12.1 Å². The first kappa shape index (κ1) is 15.6. The zero-order chi connectivity index (χ0) is 15.1. The van der Waals surface area contributed by atoms with Crippen molar-refractivity contribution < 1.29 is 23.9 Å². The van der Waals surface area contributed by atoms with Gasteiger partial charge in [-0.25, -0.2) is 4.39 Å². The molecule has 1 aromatic rings. The molecule has 0 aliphatic carbocycles. The van der Waals surface area contributed by atoms with Crippen LogP contribution in [0.15, 0.2) is 24.3 Å². The van der Waals surface area contributed by atoms with E-state index < -0.39 is 29.6 Å². The molecule has 1 rings (SSSR count). The summed E-state index contributed by atoms with van der Waals surface area (Å²) < 4.78 is 12.9. The van der Waals surface area contributed by atoms with E-state index in [1.54, 1.807) is 6.07 Å². The van der Waals surface area contributed by atoms with Gasteiger partial charge in [-0.2, -0.15) is 0 Å². The molecule has 1 aromatic carbocycles. The average Bonchev–Trinajstić information content (AvgIpc) is 2.33. The lowest BCUT2D eigenvalue weighted by Crippen LogP contribution is -2.45. The summed E-state index contributed by atoms with van der Waals surface area (Å²) in [4.78, 5) is 33.2. The van der Waals surface area contributed by atoms with Crippen LogP contribution >= 0.6 is 0 Å². The highest BCUT2D eigenvalue weighted by Gasteiger charge is 2.19. The SMILES string of the molecule is NC(=O)[C@@H](CCC(=O)O)NC(=O)Cc1cccc(F)c1. The molecule has 0 bridgehead atoms. The van der Waals surface area contributed by atoms with Gasteiger partial charge in [0, 0.05) is 6.42 Å². The van der Waals surface area contributed by atoms with E-state index in [1.165, 1.54) is 18.2 Å². The van der Waals surface area contributed by atoms with Gasteiger partial charge in [0.2, 0.25) is 11.8 Å². The zero-order valence-electron chi connectivity index (χ0n) is 10.6.